The van der Waals surface area contributed by atoms with Crippen LogP contribution in [0.3, 0.4) is 0 Å². The molecule has 2 heterocycles. The Morgan fingerprint density at radius 3 is 2.46 bits per heavy atom. The molecule has 0 radical (unpaired) electrons. The zero-order valence-corrected chi connectivity index (χ0v) is 15.7. The van der Waals surface area contributed by atoms with Crippen molar-refractivity contribution in [1.82, 2.24) is 10.4 Å². The summed E-state index contributed by atoms with van der Waals surface area (Å²) in [5.41, 5.74) is 8.50. The lowest BCUT2D eigenvalue weighted by molar-refractivity contribution is -0.137. The molecule has 1 aliphatic rings. The molecule has 3 N–H and O–H groups in total. The minimum Gasteiger partial charge on any atom is -0.375 e. The second kappa shape index (κ2) is 8.42. The van der Waals surface area contributed by atoms with Crippen LogP contribution in [0.25, 0.3) is 0 Å². The standard InChI is InChI=1S/C18H19F3N6S/c19-18(20,21)14-2-1-3-15(10-14)26-6-8-27(9-7-26)16-5-4-13(11-23-16)12-24-25-17(22)28/h1-5,10-12H,6-9H2,(H3,22,25,28)/b24-12+. The van der Waals surface area contributed by atoms with Gasteiger partial charge >= 0.3 is 6.18 Å². The van der Waals surface area contributed by atoms with Crippen LogP contribution in [-0.4, -0.2) is 42.5 Å². The zero-order chi connectivity index (χ0) is 20.1. The van der Waals surface area contributed by atoms with Crippen molar-refractivity contribution in [2.75, 3.05) is 36.0 Å². The van der Waals surface area contributed by atoms with E-state index in [-0.39, 0.29) is 5.11 Å². The summed E-state index contributed by atoms with van der Waals surface area (Å²) in [6.07, 6.45) is -1.10. The summed E-state index contributed by atoms with van der Waals surface area (Å²) in [6, 6.07) is 9.18. The number of benzene rings is 1. The molecular formula is C18H19F3N6S. The Balaban J connectivity index is 1.60. The number of anilines is 2. The van der Waals surface area contributed by atoms with Crippen LogP contribution in [0.4, 0.5) is 24.7 Å². The molecule has 1 aliphatic heterocycles. The molecule has 1 saturated heterocycles. The van der Waals surface area contributed by atoms with Gasteiger partial charge in [0.1, 0.15) is 5.82 Å². The van der Waals surface area contributed by atoms with E-state index in [2.05, 4.69) is 32.6 Å². The van der Waals surface area contributed by atoms with Crippen LogP contribution in [0.15, 0.2) is 47.7 Å². The number of hydrazone groups is 1. The summed E-state index contributed by atoms with van der Waals surface area (Å²) in [4.78, 5) is 8.47. The van der Waals surface area contributed by atoms with Crippen LogP contribution in [0, 0.1) is 0 Å². The first-order chi connectivity index (χ1) is 13.3. The normalized spacial score (nSPS) is 15.1. The van der Waals surface area contributed by atoms with Gasteiger partial charge in [-0.15, -0.1) is 0 Å². The van der Waals surface area contributed by atoms with Gasteiger partial charge in [-0.25, -0.2) is 4.98 Å². The molecule has 0 bridgehead atoms. The van der Waals surface area contributed by atoms with Crippen molar-refractivity contribution in [3.8, 4) is 0 Å². The summed E-state index contributed by atoms with van der Waals surface area (Å²) in [5, 5.41) is 3.95. The molecule has 1 fully saturated rings. The predicted octanol–water partition coefficient (Wildman–Crippen LogP) is 2.59. The number of pyridine rings is 1. The molecule has 0 unspecified atom stereocenters. The number of hydrogen-bond acceptors (Lipinski definition) is 5. The molecule has 148 valence electrons. The molecule has 28 heavy (non-hydrogen) atoms. The Morgan fingerprint density at radius 2 is 1.86 bits per heavy atom. The molecule has 10 heteroatoms. The van der Waals surface area contributed by atoms with Crippen LogP contribution >= 0.6 is 12.2 Å². The van der Waals surface area contributed by atoms with E-state index in [1.54, 1.807) is 18.5 Å². The molecule has 0 amide bonds. The molecule has 6 nitrogen and oxygen atoms in total. The first-order valence-corrected chi connectivity index (χ1v) is 8.95. The van der Waals surface area contributed by atoms with E-state index in [1.807, 2.05) is 17.0 Å². The molecule has 1 aromatic heterocycles. The zero-order valence-electron chi connectivity index (χ0n) is 14.9. The maximum atomic E-state index is 12.9. The summed E-state index contributed by atoms with van der Waals surface area (Å²) in [7, 11) is 0. The molecule has 3 rings (SSSR count). The topological polar surface area (TPSA) is 69.8 Å². The lowest BCUT2D eigenvalue weighted by Crippen LogP contribution is -2.46. The second-order valence-corrected chi connectivity index (χ2v) is 6.65. The number of nitrogens with two attached hydrogens (primary N) is 1. The molecular weight excluding hydrogens is 389 g/mol. The summed E-state index contributed by atoms with van der Waals surface area (Å²) in [5.74, 6) is 0.808. The van der Waals surface area contributed by atoms with Crippen molar-refractivity contribution in [3.05, 3.63) is 53.7 Å². The highest BCUT2D eigenvalue weighted by molar-refractivity contribution is 7.80. The quantitative estimate of drug-likeness (QED) is 0.461. The van der Waals surface area contributed by atoms with E-state index in [0.717, 1.165) is 17.4 Å². The molecule has 0 spiro atoms. The molecule has 1 aromatic carbocycles. The van der Waals surface area contributed by atoms with Crippen molar-refractivity contribution in [2.45, 2.75) is 6.18 Å². The number of alkyl halides is 3. The van der Waals surface area contributed by atoms with E-state index >= 15 is 0 Å². The Kier molecular flexibility index (Phi) is 5.98. The number of piperazine rings is 1. The van der Waals surface area contributed by atoms with Gasteiger partial charge in [-0.05, 0) is 42.5 Å². The van der Waals surface area contributed by atoms with E-state index in [0.29, 0.717) is 31.9 Å². The number of halogens is 3. The largest absolute Gasteiger partial charge is 0.416 e. The predicted molar refractivity (Wildman–Crippen MR) is 108 cm³/mol. The third-order valence-electron chi connectivity index (χ3n) is 4.30. The molecule has 0 saturated carbocycles. The smallest absolute Gasteiger partial charge is 0.375 e. The van der Waals surface area contributed by atoms with Crippen LogP contribution in [0.5, 0.6) is 0 Å². The van der Waals surface area contributed by atoms with Crippen molar-refractivity contribution in [2.24, 2.45) is 10.8 Å². The minimum atomic E-state index is -4.34. The highest BCUT2D eigenvalue weighted by Crippen LogP contribution is 2.32. The maximum absolute atomic E-state index is 12.9. The van der Waals surface area contributed by atoms with E-state index in [9.17, 15) is 13.2 Å². The summed E-state index contributed by atoms with van der Waals surface area (Å²) in [6.45, 7) is 2.56. The first-order valence-electron chi connectivity index (χ1n) is 8.54. The van der Waals surface area contributed by atoms with Gasteiger partial charge in [0.05, 0.1) is 11.8 Å². The van der Waals surface area contributed by atoms with Gasteiger partial charge in [0.15, 0.2) is 5.11 Å². The van der Waals surface area contributed by atoms with Crippen molar-refractivity contribution < 1.29 is 13.2 Å². The number of rotatable bonds is 4. The number of hydrogen-bond donors (Lipinski definition) is 2. The Labute approximate surface area is 165 Å². The fourth-order valence-electron chi connectivity index (χ4n) is 2.90. The summed E-state index contributed by atoms with van der Waals surface area (Å²) < 4.78 is 38.7. The van der Waals surface area contributed by atoms with Crippen LogP contribution in [0.2, 0.25) is 0 Å². The van der Waals surface area contributed by atoms with Gasteiger partial charge in [0, 0.05) is 43.6 Å². The Morgan fingerprint density at radius 1 is 1.14 bits per heavy atom. The maximum Gasteiger partial charge on any atom is 0.416 e. The third-order valence-corrected chi connectivity index (χ3v) is 4.39. The number of nitrogens with one attached hydrogen (secondary N) is 1. The average molecular weight is 408 g/mol. The van der Waals surface area contributed by atoms with Crippen molar-refractivity contribution in [3.63, 3.8) is 0 Å². The molecule has 0 aliphatic carbocycles. The number of aromatic nitrogens is 1. The van der Waals surface area contributed by atoms with Gasteiger partial charge in [-0.1, -0.05) is 6.07 Å². The second-order valence-electron chi connectivity index (χ2n) is 6.21. The lowest BCUT2D eigenvalue weighted by Gasteiger charge is -2.37. The lowest BCUT2D eigenvalue weighted by atomic mass is 10.1. The molecule has 2 aromatic rings. The van der Waals surface area contributed by atoms with Gasteiger partial charge in [0.25, 0.3) is 0 Å². The van der Waals surface area contributed by atoms with E-state index < -0.39 is 11.7 Å². The fraction of sp³-hybridized carbons (Fsp3) is 0.278. The highest BCUT2D eigenvalue weighted by atomic mass is 32.1. The van der Waals surface area contributed by atoms with Crippen LogP contribution in [0.1, 0.15) is 11.1 Å². The van der Waals surface area contributed by atoms with E-state index in [1.165, 1.54) is 12.1 Å². The van der Waals surface area contributed by atoms with Gasteiger partial charge in [-0.2, -0.15) is 18.3 Å². The Hall–Kier alpha value is -2.88. The third kappa shape index (κ3) is 5.10. The highest BCUT2D eigenvalue weighted by Gasteiger charge is 2.31. The monoisotopic (exact) mass is 408 g/mol. The van der Waals surface area contributed by atoms with Crippen LogP contribution in [-0.2, 0) is 6.18 Å². The van der Waals surface area contributed by atoms with Crippen LogP contribution < -0.4 is 21.0 Å². The van der Waals surface area contributed by atoms with Crippen molar-refractivity contribution >= 4 is 35.1 Å². The fourth-order valence-corrected chi connectivity index (χ4v) is 2.96. The van der Waals surface area contributed by atoms with Crippen molar-refractivity contribution in [1.29, 1.82) is 0 Å². The molecule has 0 atom stereocenters. The SMILES string of the molecule is NC(=S)N/N=C/c1ccc(N2CCN(c3cccc(C(F)(F)F)c3)CC2)nc1. The number of thiocarbonyl (C=S) groups is 1. The average Bonchev–Trinajstić information content (AvgIpc) is 2.68. The van der Waals surface area contributed by atoms with Gasteiger partial charge < -0.3 is 15.5 Å². The minimum absolute atomic E-state index is 0.0828. The number of nitrogens with zero attached hydrogens (tertiary/aromatic N) is 4. The summed E-state index contributed by atoms with van der Waals surface area (Å²) >= 11 is 4.66. The van der Waals surface area contributed by atoms with E-state index in [4.69, 9.17) is 5.73 Å². The first kappa shape index (κ1) is 19.9. The van der Waals surface area contributed by atoms with Gasteiger partial charge in [0.2, 0.25) is 0 Å². The van der Waals surface area contributed by atoms with Gasteiger partial charge in [-0.3, -0.25) is 5.43 Å². The Bertz CT molecular complexity index is 845.